The molecule has 11 nitrogen and oxygen atoms in total. The zero-order chi connectivity index (χ0) is 27.7. The molecule has 0 bridgehead atoms. The number of allylic oxidation sites excluding steroid dienone is 2. The van der Waals surface area contributed by atoms with Crippen molar-refractivity contribution in [3.63, 3.8) is 0 Å². The number of nitrogens with zero attached hydrogens (tertiary/aromatic N) is 6. The molecule has 4 aliphatic heterocycles. The van der Waals surface area contributed by atoms with Gasteiger partial charge < -0.3 is 34.9 Å². The number of aliphatic hydroxyl groups is 1. The standard InChI is InChI=1S/C29H43N7O4/c1-20-18-38-11-9-35(20)24-13-21(12-22(14-24)29(37)6-3-10-39-19-29)26-16-31-27(30)28(33-26)40-25-15-32-36(17-25)23-4-7-34(2)8-5-23/h12,14-17,20-21,23,27-28,37H,3-11,13,18-19,30H2,1-2H3/t20-,21?,27?,28?,29+/m1/s1. The summed E-state index contributed by atoms with van der Waals surface area (Å²) in [5.41, 5.74) is 8.20. The zero-order valence-electron chi connectivity index (χ0n) is 23.7. The summed E-state index contributed by atoms with van der Waals surface area (Å²) in [6.45, 7) is 7.49. The van der Waals surface area contributed by atoms with Crippen molar-refractivity contribution in [2.24, 2.45) is 21.6 Å². The second-order valence-corrected chi connectivity index (χ2v) is 11.9. The lowest BCUT2D eigenvalue weighted by Gasteiger charge is -2.42. The number of piperidine rings is 1. The van der Waals surface area contributed by atoms with Crippen molar-refractivity contribution in [2.45, 2.75) is 69.1 Å². The van der Waals surface area contributed by atoms with E-state index in [-0.39, 0.29) is 12.0 Å². The normalized spacial score (nSPS) is 34.3. The van der Waals surface area contributed by atoms with Crippen LogP contribution >= 0.6 is 0 Å². The molecule has 0 saturated carbocycles. The molecule has 3 N–H and O–H groups in total. The molecule has 11 heteroatoms. The number of nitrogens with two attached hydrogens (primary N) is 1. The van der Waals surface area contributed by atoms with Crippen molar-refractivity contribution in [2.75, 3.05) is 53.1 Å². The minimum Gasteiger partial charge on any atom is -0.462 e. The Balaban J connectivity index is 1.23. The number of aromatic nitrogens is 2. The third-order valence-electron chi connectivity index (χ3n) is 8.85. The van der Waals surface area contributed by atoms with Crippen molar-refractivity contribution in [1.82, 2.24) is 19.6 Å². The van der Waals surface area contributed by atoms with Crippen molar-refractivity contribution in [3.05, 3.63) is 35.8 Å². The molecular formula is C29H43N7O4. The monoisotopic (exact) mass is 553 g/mol. The van der Waals surface area contributed by atoms with Gasteiger partial charge in [0.05, 0.1) is 44.0 Å². The second-order valence-electron chi connectivity index (χ2n) is 11.9. The Morgan fingerprint density at radius 1 is 1.18 bits per heavy atom. The molecule has 40 heavy (non-hydrogen) atoms. The minimum atomic E-state index is -1.02. The third kappa shape index (κ3) is 5.89. The van der Waals surface area contributed by atoms with E-state index in [0.29, 0.717) is 44.6 Å². The Bertz CT molecular complexity index is 1160. The maximum Gasteiger partial charge on any atom is 0.225 e. The Morgan fingerprint density at radius 2 is 2.02 bits per heavy atom. The van der Waals surface area contributed by atoms with Crippen molar-refractivity contribution in [1.29, 1.82) is 0 Å². The Labute approximate surface area is 236 Å². The van der Waals surface area contributed by atoms with Gasteiger partial charge in [0.25, 0.3) is 0 Å². The van der Waals surface area contributed by atoms with E-state index in [9.17, 15) is 5.11 Å². The first-order valence-electron chi connectivity index (χ1n) is 14.7. The molecule has 3 unspecified atom stereocenters. The molecule has 1 aromatic heterocycles. The van der Waals surface area contributed by atoms with Gasteiger partial charge in [0, 0.05) is 37.0 Å². The number of ether oxygens (including phenoxy) is 3. The first kappa shape index (κ1) is 27.6. The summed E-state index contributed by atoms with van der Waals surface area (Å²) < 4.78 is 19.7. The van der Waals surface area contributed by atoms with Crippen LogP contribution in [-0.4, -0.2) is 114 Å². The summed E-state index contributed by atoms with van der Waals surface area (Å²) >= 11 is 0. The van der Waals surface area contributed by atoms with Crippen LogP contribution in [0.15, 0.2) is 45.8 Å². The molecule has 3 fully saturated rings. The van der Waals surface area contributed by atoms with E-state index >= 15 is 0 Å². The highest BCUT2D eigenvalue weighted by Crippen LogP contribution is 2.37. The summed E-state index contributed by atoms with van der Waals surface area (Å²) in [5, 5.41) is 16.2. The predicted octanol–water partition coefficient (Wildman–Crippen LogP) is 1.76. The zero-order valence-corrected chi connectivity index (χ0v) is 23.7. The Morgan fingerprint density at radius 3 is 2.80 bits per heavy atom. The van der Waals surface area contributed by atoms with E-state index in [0.717, 1.165) is 56.6 Å². The second kappa shape index (κ2) is 11.7. The van der Waals surface area contributed by atoms with Crippen LogP contribution in [-0.2, 0) is 9.47 Å². The number of aliphatic imine (C=N–C) groups is 2. The fraction of sp³-hybridized carbons (Fsp3) is 0.690. The maximum absolute atomic E-state index is 11.6. The van der Waals surface area contributed by atoms with E-state index in [2.05, 4.69) is 46.0 Å². The van der Waals surface area contributed by atoms with Crippen LogP contribution in [0.1, 0.15) is 45.1 Å². The number of hydrogen-bond donors (Lipinski definition) is 2. The van der Waals surface area contributed by atoms with Crippen molar-refractivity contribution < 1.29 is 19.3 Å². The Kier molecular flexibility index (Phi) is 8.09. The predicted molar refractivity (Wildman–Crippen MR) is 153 cm³/mol. The van der Waals surface area contributed by atoms with Crippen LogP contribution in [0.3, 0.4) is 0 Å². The molecule has 0 aromatic carbocycles. The van der Waals surface area contributed by atoms with Gasteiger partial charge in [0.1, 0.15) is 5.60 Å². The number of likely N-dealkylation sites (tertiary alicyclic amines) is 1. The number of morpholine rings is 1. The first-order chi connectivity index (χ1) is 19.4. The van der Waals surface area contributed by atoms with Gasteiger partial charge in [0.15, 0.2) is 11.9 Å². The van der Waals surface area contributed by atoms with Crippen LogP contribution in [0, 0.1) is 5.92 Å². The van der Waals surface area contributed by atoms with E-state index in [1.54, 1.807) is 12.4 Å². The maximum atomic E-state index is 11.6. The molecule has 6 rings (SSSR count). The van der Waals surface area contributed by atoms with Gasteiger partial charge in [-0.15, -0.1) is 0 Å². The van der Waals surface area contributed by atoms with Crippen LogP contribution in [0.5, 0.6) is 5.75 Å². The summed E-state index contributed by atoms with van der Waals surface area (Å²) in [5.74, 6) is 0.580. The minimum absolute atomic E-state index is 0.0692. The summed E-state index contributed by atoms with van der Waals surface area (Å²) in [6.07, 6.45) is 12.9. The molecule has 218 valence electrons. The molecule has 3 saturated heterocycles. The number of rotatable bonds is 6. The average Bonchev–Trinajstić information content (AvgIpc) is 3.43. The van der Waals surface area contributed by atoms with Crippen LogP contribution in [0.2, 0.25) is 0 Å². The molecular weight excluding hydrogens is 510 g/mol. The highest BCUT2D eigenvalue weighted by Gasteiger charge is 2.38. The fourth-order valence-corrected chi connectivity index (χ4v) is 6.39. The van der Waals surface area contributed by atoms with E-state index in [1.807, 2.05) is 10.9 Å². The molecule has 0 spiro atoms. The number of hydrogen-bond acceptors (Lipinski definition) is 10. The third-order valence-corrected chi connectivity index (χ3v) is 8.85. The molecule has 5 heterocycles. The molecule has 0 amide bonds. The molecule has 5 atom stereocenters. The Hall–Kier alpha value is -2.57. The molecule has 1 aliphatic carbocycles. The lowest BCUT2D eigenvalue weighted by atomic mass is 9.79. The van der Waals surface area contributed by atoms with Gasteiger partial charge in [-0.25, -0.2) is 4.99 Å². The van der Waals surface area contributed by atoms with Crippen molar-refractivity contribution in [3.8, 4) is 5.75 Å². The van der Waals surface area contributed by atoms with Crippen LogP contribution < -0.4 is 10.5 Å². The topological polar surface area (TPSA) is 123 Å². The SMILES string of the molecule is C[C@@H]1COCCN1C1=CC([C@]2(O)CCCOC2)=CC(C2=NC(Oc3cnn(C4CCN(C)CC4)c3)C(N)N=C2)C1. The summed E-state index contributed by atoms with van der Waals surface area (Å²) in [7, 11) is 2.16. The van der Waals surface area contributed by atoms with Crippen LogP contribution in [0.25, 0.3) is 0 Å². The van der Waals surface area contributed by atoms with Crippen LogP contribution in [0.4, 0.5) is 0 Å². The quantitative estimate of drug-likeness (QED) is 0.547. The molecule has 0 radical (unpaired) electrons. The van der Waals surface area contributed by atoms with Gasteiger partial charge in [0.2, 0.25) is 6.23 Å². The van der Waals surface area contributed by atoms with Crippen molar-refractivity contribution >= 4 is 11.9 Å². The van der Waals surface area contributed by atoms with Gasteiger partial charge in [-0.05, 0) is 70.8 Å². The molecule has 5 aliphatic rings. The highest BCUT2D eigenvalue weighted by atomic mass is 16.5. The van der Waals surface area contributed by atoms with Gasteiger partial charge >= 0.3 is 0 Å². The lowest BCUT2D eigenvalue weighted by Crippen LogP contribution is -2.46. The average molecular weight is 554 g/mol. The van der Waals surface area contributed by atoms with E-state index in [4.69, 9.17) is 24.9 Å². The summed E-state index contributed by atoms with van der Waals surface area (Å²) in [6, 6.07) is 0.628. The molecule has 1 aromatic rings. The van der Waals surface area contributed by atoms with Gasteiger partial charge in [-0.1, -0.05) is 6.08 Å². The van der Waals surface area contributed by atoms with Gasteiger partial charge in [-0.3, -0.25) is 9.67 Å². The fourth-order valence-electron chi connectivity index (χ4n) is 6.39. The van der Waals surface area contributed by atoms with Gasteiger partial charge in [-0.2, -0.15) is 5.10 Å². The first-order valence-corrected chi connectivity index (χ1v) is 14.7. The van der Waals surface area contributed by atoms with E-state index < -0.39 is 18.0 Å². The largest absolute Gasteiger partial charge is 0.462 e. The highest BCUT2D eigenvalue weighted by molar-refractivity contribution is 6.32. The summed E-state index contributed by atoms with van der Waals surface area (Å²) in [4.78, 5) is 14.3. The van der Waals surface area contributed by atoms with E-state index in [1.165, 1.54) is 5.70 Å². The lowest BCUT2D eigenvalue weighted by molar-refractivity contribution is -0.0600. The smallest absolute Gasteiger partial charge is 0.225 e.